The SMILES string of the molecule is O=C(c1ccccc1)[C@H]1Oc2ccccc2OC=C1c1ccccc1. The molecule has 0 aliphatic carbocycles. The minimum Gasteiger partial charge on any atom is -0.473 e. The number of hydrogen-bond acceptors (Lipinski definition) is 3. The second kappa shape index (κ2) is 6.65. The Bertz CT molecular complexity index is 914. The van der Waals surface area contributed by atoms with Crippen LogP contribution in [-0.2, 0) is 0 Å². The lowest BCUT2D eigenvalue weighted by molar-refractivity contribution is 0.0863. The maximum atomic E-state index is 13.1. The van der Waals surface area contributed by atoms with Gasteiger partial charge in [0.2, 0.25) is 5.78 Å². The van der Waals surface area contributed by atoms with E-state index >= 15 is 0 Å². The van der Waals surface area contributed by atoms with E-state index in [0.717, 1.165) is 5.56 Å². The van der Waals surface area contributed by atoms with E-state index in [-0.39, 0.29) is 5.78 Å². The number of carbonyl (C=O) groups is 1. The molecule has 0 N–H and O–H groups in total. The molecule has 1 aliphatic heterocycles. The zero-order chi connectivity index (χ0) is 17.1. The molecule has 3 heteroatoms. The Morgan fingerprint density at radius 1 is 0.720 bits per heavy atom. The van der Waals surface area contributed by atoms with E-state index in [4.69, 9.17) is 9.47 Å². The maximum Gasteiger partial charge on any atom is 0.208 e. The highest BCUT2D eigenvalue weighted by atomic mass is 16.5. The number of benzene rings is 3. The average Bonchev–Trinajstić information content (AvgIpc) is 2.88. The highest BCUT2D eigenvalue weighted by Gasteiger charge is 2.30. The average molecular weight is 328 g/mol. The predicted octanol–water partition coefficient (Wildman–Crippen LogP) is 4.75. The van der Waals surface area contributed by atoms with Crippen LogP contribution in [0.1, 0.15) is 15.9 Å². The lowest BCUT2D eigenvalue weighted by Gasteiger charge is -2.19. The zero-order valence-corrected chi connectivity index (χ0v) is 13.5. The molecule has 0 radical (unpaired) electrons. The van der Waals surface area contributed by atoms with Crippen molar-refractivity contribution in [1.82, 2.24) is 0 Å². The molecule has 0 saturated carbocycles. The van der Waals surface area contributed by atoms with E-state index < -0.39 is 6.10 Å². The number of ether oxygens (including phenoxy) is 2. The summed E-state index contributed by atoms with van der Waals surface area (Å²) in [6.07, 6.45) is 0.848. The van der Waals surface area contributed by atoms with Crippen LogP contribution >= 0.6 is 0 Å². The monoisotopic (exact) mass is 328 g/mol. The van der Waals surface area contributed by atoms with Gasteiger partial charge in [-0.15, -0.1) is 0 Å². The molecule has 122 valence electrons. The van der Waals surface area contributed by atoms with Crippen molar-refractivity contribution >= 4 is 11.4 Å². The topological polar surface area (TPSA) is 35.5 Å². The predicted molar refractivity (Wildman–Crippen MR) is 96.7 cm³/mol. The van der Waals surface area contributed by atoms with Crippen LogP contribution < -0.4 is 9.47 Å². The molecular formula is C22H16O3. The van der Waals surface area contributed by atoms with Gasteiger partial charge in [0.25, 0.3) is 0 Å². The van der Waals surface area contributed by atoms with Gasteiger partial charge in [0.1, 0.15) is 0 Å². The molecule has 0 spiro atoms. The molecule has 3 aromatic rings. The molecular weight excluding hydrogens is 312 g/mol. The third-order valence-electron chi connectivity index (χ3n) is 4.09. The number of ketones is 1. The van der Waals surface area contributed by atoms with Crippen molar-refractivity contribution in [3.05, 3.63) is 102 Å². The van der Waals surface area contributed by atoms with E-state index in [2.05, 4.69) is 0 Å². The fraction of sp³-hybridized carbons (Fsp3) is 0.0455. The van der Waals surface area contributed by atoms with E-state index in [9.17, 15) is 4.79 Å². The lowest BCUT2D eigenvalue weighted by atomic mass is 9.95. The quantitative estimate of drug-likeness (QED) is 0.651. The van der Waals surface area contributed by atoms with Crippen molar-refractivity contribution in [3.63, 3.8) is 0 Å². The van der Waals surface area contributed by atoms with Crippen molar-refractivity contribution in [3.8, 4) is 11.5 Å². The van der Waals surface area contributed by atoms with Crippen molar-refractivity contribution in [2.75, 3.05) is 0 Å². The van der Waals surface area contributed by atoms with Gasteiger partial charge in [-0.05, 0) is 17.7 Å². The highest BCUT2D eigenvalue weighted by Crippen LogP contribution is 2.35. The Balaban J connectivity index is 1.80. The van der Waals surface area contributed by atoms with Crippen LogP contribution in [-0.4, -0.2) is 11.9 Å². The molecule has 4 rings (SSSR count). The van der Waals surface area contributed by atoms with Gasteiger partial charge in [-0.1, -0.05) is 72.8 Å². The Morgan fingerprint density at radius 3 is 2.04 bits per heavy atom. The molecule has 1 aliphatic rings. The third-order valence-corrected chi connectivity index (χ3v) is 4.09. The molecule has 25 heavy (non-hydrogen) atoms. The van der Waals surface area contributed by atoms with Crippen LogP contribution in [0.5, 0.6) is 11.5 Å². The molecule has 0 amide bonds. The standard InChI is InChI=1S/C22H16O3/c23-21(17-11-5-2-6-12-17)22-18(16-9-3-1-4-10-16)15-24-19-13-7-8-14-20(19)25-22/h1-15,22H/t22-/m0/s1. The van der Waals surface area contributed by atoms with Crippen molar-refractivity contribution in [2.24, 2.45) is 0 Å². The summed E-state index contributed by atoms with van der Waals surface area (Å²) in [6.45, 7) is 0. The lowest BCUT2D eigenvalue weighted by Crippen LogP contribution is -2.28. The van der Waals surface area contributed by atoms with E-state index in [0.29, 0.717) is 22.6 Å². The maximum absolute atomic E-state index is 13.1. The molecule has 0 unspecified atom stereocenters. The van der Waals surface area contributed by atoms with Gasteiger partial charge in [0, 0.05) is 11.1 Å². The molecule has 1 heterocycles. The number of para-hydroxylation sites is 2. The van der Waals surface area contributed by atoms with Gasteiger partial charge in [0.15, 0.2) is 17.6 Å². The first kappa shape index (κ1) is 15.2. The second-order valence-electron chi connectivity index (χ2n) is 5.73. The number of Topliss-reactive ketones (excluding diaryl/α,β-unsaturated/α-hetero) is 1. The Hall–Kier alpha value is -3.33. The van der Waals surface area contributed by atoms with E-state index in [1.807, 2.05) is 72.8 Å². The van der Waals surface area contributed by atoms with Crippen LogP contribution in [0.2, 0.25) is 0 Å². The van der Waals surface area contributed by atoms with Gasteiger partial charge in [-0.3, -0.25) is 4.79 Å². The Kier molecular flexibility index (Phi) is 4.05. The van der Waals surface area contributed by atoms with Crippen molar-refractivity contribution in [1.29, 1.82) is 0 Å². The summed E-state index contributed by atoms with van der Waals surface area (Å²) < 4.78 is 11.9. The van der Waals surface area contributed by atoms with E-state index in [1.165, 1.54) is 0 Å². The second-order valence-corrected chi connectivity index (χ2v) is 5.73. The first-order chi connectivity index (χ1) is 12.3. The number of hydrogen-bond donors (Lipinski definition) is 0. The van der Waals surface area contributed by atoms with Crippen LogP contribution in [0.15, 0.2) is 91.2 Å². The molecule has 0 saturated heterocycles. The zero-order valence-electron chi connectivity index (χ0n) is 13.5. The van der Waals surface area contributed by atoms with Gasteiger partial charge < -0.3 is 9.47 Å². The Labute approximate surface area is 146 Å². The number of rotatable bonds is 3. The highest BCUT2D eigenvalue weighted by molar-refractivity contribution is 6.07. The van der Waals surface area contributed by atoms with Gasteiger partial charge in [-0.25, -0.2) is 0 Å². The number of fused-ring (bicyclic) bond motifs is 1. The summed E-state index contributed by atoms with van der Waals surface area (Å²) in [5.41, 5.74) is 2.20. The fourth-order valence-corrected chi connectivity index (χ4v) is 2.82. The normalized spacial score (nSPS) is 15.8. The first-order valence-corrected chi connectivity index (χ1v) is 8.10. The fourth-order valence-electron chi connectivity index (χ4n) is 2.82. The molecule has 0 bridgehead atoms. The molecule has 3 aromatic carbocycles. The summed E-state index contributed by atoms with van der Waals surface area (Å²) in [5, 5.41) is 0. The summed E-state index contributed by atoms with van der Waals surface area (Å²) in [6, 6.07) is 26.2. The van der Waals surface area contributed by atoms with Gasteiger partial charge >= 0.3 is 0 Å². The van der Waals surface area contributed by atoms with Crippen molar-refractivity contribution < 1.29 is 14.3 Å². The largest absolute Gasteiger partial charge is 0.473 e. The van der Waals surface area contributed by atoms with E-state index in [1.54, 1.807) is 18.4 Å². The summed E-state index contributed by atoms with van der Waals surface area (Å²) in [4.78, 5) is 13.1. The molecule has 1 atom stereocenters. The minimum atomic E-state index is -0.770. The third kappa shape index (κ3) is 3.04. The number of carbonyl (C=O) groups excluding carboxylic acids is 1. The van der Waals surface area contributed by atoms with Crippen LogP contribution in [0.25, 0.3) is 5.57 Å². The van der Waals surface area contributed by atoms with Crippen LogP contribution in [0.3, 0.4) is 0 Å². The molecule has 0 aromatic heterocycles. The smallest absolute Gasteiger partial charge is 0.208 e. The molecule has 0 fully saturated rings. The molecule has 3 nitrogen and oxygen atoms in total. The minimum absolute atomic E-state index is 0.101. The van der Waals surface area contributed by atoms with Crippen LogP contribution in [0, 0.1) is 0 Å². The van der Waals surface area contributed by atoms with Crippen LogP contribution in [0.4, 0.5) is 0 Å². The van der Waals surface area contributed by atoms with Gasteiger partial charge in [0.05, 0.1) is 6.26 Å². The van der Waals surface area contributed by atoms with Crippen molar-refractivity contribution in [2.45, 2.75) is 6.10 Å². The Morgan fingerprint density at radius 2 is 1.32 bits per heavy atom. The summed E-state index contributed by atoms with van der Waals surface area (Å²) in [5.74, 6) is 1.05. The summed E-state index contributed by atoms with van der Waals surface area (Å²) in [7, 11) is 0. The first-order valence-electron chi connectivity index (χ1n) is 8.10. The summed E-state index contributed by atoms with van der Waals surface area (Å²) >= 11 is 0. The van der Waals surface area contributed by atoms with Gasteiger partial charge in [-0.2, -0.15) is 0 Å².